The number of nitrogens with two attached hydrogens (primary N) is 1. The maximum absolute atomic E-state index is 12.1. The Morgan fingerprint density at radius 2 is 2.05 bits per heavy atom. The van der Waals surface area contributed by atoms with E-state index in [1.165, 1.54) is 12.8 Å². The monoisotopic (exact) mass is 283 g/mol. The molecule has 116 valence electrons. The lowest BCUT2D eigenvalue weighted by molar-refractivity contribution is -0.135. The summed E-state index contributed by atoms with van der Waals surface area (Å²) < 4.78 is 5.27. The number of morpholine rings is 1. The number of carbonyl (C=O) groups excluding carboxylic acids is 1. The minimum Gasteiger partial charge on any atom is -0.378 e. The Kier molecular flexibility index (Phi) is 6.26. The Morgan fingerprint density at radius 3 is 2.75 bits per heavy atom. The van der Waals surface area contributed by atoms with Crippen molar-refractivity contribution in [3.63, 3.8) is 0 Å². The van der Waals surface area contributed by atoms with Crippen LogP contribution < -0.4 is 5.73 Å². The molecule has 5 heteroatoms. The molecule has 0 aromatic rings. The van der Waals surface area contributed by atoms with Gasteiger partial charge in [-0.1, -0.05) is 6.92 Å². The summed E-state index contributed by atoms with van der Waals surface area (Å²) >= 11 is 0. The van der Waals surface area contributed by atoms with E-state index in [4.69, 9.17) is 10.5 Å². The number of ether oxygens (including phenoxy) is 1. The molecular formula is C15H29N3O2. The van der Waals surface area contributed by atoms with Crippen LogP contribution in [0.3, 0.4) is 0 Å². The largest absolute Gasteiger partial charge is 0.378 e. The summed E-state index contributed by atoms with van der Waals surface area (Å²) in [7, 11) is 0. The first-order valence-electron chi connectivity index (χ1n) is 8.02. The lowest BCUT2D eigenvalue weighted by Gasteiger charge is -2.39. The van der Waals surface area contributed by atoms with E-state index in [-0.39, 0.29) is 5.91 Å². The molecule has 0 spiro atoms. The molecule has 0 aromatic carbocycles. The van der Waals surface area contributed by atoms with Crippen LogP contribution in [0.25, 0.3) is 0 Å². The van der Waals surface area contributed by atoms with Gasteiger partial charge in [0.1, 0.15) is 0 Å². The number of carbonyl (C=O) groups is 1. The van der Waals surface area contributed by atoms with Gasteiger partial charge < -0.3 is 15.4 Å². The van der Waals surface area contributed by atoms with Crippen LogP contribution in [0, 0.1) is 5.92 Å². The van der Waals surface area contributed by atoms with Crippen molar-refractivity contribution in [3.8, 4) is 0 Å². The zero-order valence-electron chi connectivity index (χ0n) is 12.7. The molecule has 5 nitrogen and oxygen atoms in total. The molecule has 2 N–H and O–H groups in total. The molecule has 0 aliphatic carbocycles. The van der Waals surface area contributed by atoms with E-state index >= 15 is 0 Å². The van der Waals surface area contributed by atoms with E-state index in [0.717, 1.165) is 39.1 Å². The van der Waals surface area contributed by atoms with Gasteiger partial charge in [0, 0.05) is 32.1 Å². The Hall–Kier alpha value is -0.650. The predicted molar refractivity (Wildman–Crippen MR) is 79.4 cm³/mol. The van der Waals surface area contributed by atoms with E-state index in [2.05, 4.69) is 11.8 Å². The van der Waals surface area contributed by atoms with Crippen LogP contribution in [0.15, 0.2) is 0 Å². The lowest BCUT2D eigenvalue weighted by Crippen LogP contribution is -2.49. The SMILES string of the molecule is CC1CCCN(CCCC(=O)N2CCOCC2)C1CN. The molecule has 2 fully saturated rings. The molecule has 2 saturated heterocycles. The highest BCUT2D eigenvalue weighted by Gasteiger charge is 2.27. The second-order valence-corrected chi connectivity index (χ2v) is 6.06. The smallest absolute Gasteiger partial charge is 0.222 e. The predicted octanol–water partition coefficient (Wildman–Crippen LogP) is 0.685. The third-order valence-corrected chi connectivity index (χ3v) is 4.67. The van der Waals surface area contributed by atoms with E-state index < -0.39 is 0 Å². The zero-order valence-corrected chi connectivity index (χ0v) is 12.7. The van der Waals surface area contributed by atoms with Crippen LogP contribution in [0.1, 0.15) is 32.6 Å². The number of piperidine rings is 1. The van der Waals surface area contributed by atoms with E-state index in [9.17, 15) is 4.79 Å². The summed E-state index contributed by atoms with van der Waals surface area (Å²) in [6.07, 6.45) is 4.14. The van der Waals surface area contributed by atoms with Gasteiger partial charge in [-0.15, -0.1) is 0 Å². The van der Waals surface area contributed by atoms with Crippen LogP contribution in [-0.2, 0) is 9.53 Å². The molecular weight excluding hydrogens is 254 g/mol. The fraction of sp³-hybridized carbons (Fsp3) is 0.933. The van der Waals surface area contributed by atoms with Gasteiger partial charge in [-0.05, 0) is 38.3 Å². The highest BCUT2D eigenvalue weighted by molar-refractivity contribution is 5.76. The van der Waals surface area contributed by atoms with Crippen molar-refractivity contribution in [1.82, 2.24) is 9.80 Å². The second-order valence-electron chi connectivity index (χ2n) is 6.06. The van der Waals surface area contributed by atoms with E-state index in [0.29, 0.717) is 31.6 Å². The first-order valence-corrected chi connectivity index (χ1v) is 8.02. The van der Waals surface area contributed by atoms with Crippen molar-refractivity contribution in [2.24, 2.45) is 11.7 Å². The summed E-state index contributed by atoms with van der Waals surface area (Å²) in [5, 5.41) is 0. The number of rotatable bonds is 5. The van der Waals surface area contributed by atoms with Crippen LogP contribution >= 0.6 is 0 Å². The molecule has 2 heterocycles. The van der Waals surface area contributed by atoms with Gasteiger partial charge in [0.25, 0.3) is 0 Å². The van der Waals surface area contributed by atoms with Crippen molar-refractivity contribution in [2.75, 3.05) is 45.9 Å². The van der Waals surface area contributed by atoms with Crippen LogP contribution in [0.5, 0.6) is 0 Å². The van der Waals surface area contributed by atoms with Gasteiger partial charge in [0.2, 0.25) is 5.91 Å². The lowest BCUT2D eigenvalue weighted by atomic mass is 9.90. The minimum absolute atomic E-state index is 0.280. The molecule has 0 saturated carbocycles. The van der Waals surface area contributed by atoms with Crippen LogP contribution in [0.2, 0.25) is 0 Å². The number of amides is 1. The second kappa shape index (κ2) is 7.96. The summed E-state index contributed by atoms with van der Waals surface area (Å²) in [6, 6.07) is 0.502. The van der Waals surface area contributed by atoms with Gasteiger partial charge >= 0.3 is 0 Å². The van der Waals surface area contributed by atoms with Crippen molar-refractivity contribution in [2.45, 2.75) is 38.6 Å². The maximum atomic E-state index is 12.1. The number of nitrogens with zero attached hydrogens (tertiary/aromatic N) is 2. The van der Waals surface area contributed by atoms with Crippen molar-refractivity contribution < 1.29 is 9.53 Å². The molecule has 2 aliphatic heterocycles. The molecule has 0 aromatic heterocycles. The van der Waals surface area contributed by atoms with Crippen molar-refractivity contribution in [3.05, 3.63) is 0 Å². The Bertz CT molecular complexity index is 305. The maximum Gasteiger partial charge on any atom is 0.222 e. The van der Waals surface area contributed by atoms with Crippen LogP contribution in [0.4, 0.5) is 0 Å². The number of hydrogen-bond acceptors (Lipinski definition) is 4. The van der Waals surface area contributed by atoms with Crippen LogP contribution in [-0.4, -0.2) is 67.7 Å². The number of hydrogen-bond donors (Lipinski definition) is 1. The Morgan fingerprint density at radius 1 is 1.30 bits per heavy atom. The van der Waals surface area contributed by atoms with Gasteiger partial charge in [-0.3, -0.25) is 9.69 Å². The fourth-order valence-electron chi connectivity index (χ4n) is 3.40. The number of likely N-dealkylation sites (tertiary alicyclic amines) is 1. The molecule has 0 bridgehead atoms. The van der Waals surface area contributed by atoms with Gasteiger partial charge in [0.15, 0.2) is 0 Å². The first-order chi connectivity index (χ1) is 9.72. The minimum atomic E-state index is 0.280. The fourth-order valence-corrected chi connectivity index (χ4v) is 3.40. The normalized spacial score (nSPS) is 28.6. The van der Waals surface area contributed by atoms with Crippen molar-refractivity contribution in [1.29, 1.82) is 0 Å². The average Bonchev–Trinajstić information content (AvgIpc) is 2.48. The third-order valence-electron chi connectivity index (χ3n) is 4.67. The summed E-state index contributed by atoms with van der Waals surface area (Å²) in [5.74, 6) is 0.964. The first kappa shape index (κ1) is 15.7. The zero-order chi connectivity index (χ0) is 14.4. The highest BCUT2D eigenvalue weighted by atomic mass is 16.5. The van der Waals surface area contributed by atoms with Gasteiger partial charge in [0.05, 0.1) is 13.2 Å². The van der Waals surface area contributed by atoms with E-state index in [1.54, 1.807) is 0 Å². The third kappa shape index (κ3) is 4.17. The summed E-state index contributed by atoms with van der Waals surface area (Å²) in [6.45, 7) is 8.05. The Balaban J connectivity index is 1.70. The topological polar surface area (TPSA) is 58.8 Å². The van der Waals surface area contributed by atoms with E-state index in [1.807, 2.05) is 4.90 Å². The quantitative estimate of drug-likeness (QED) is 0.806. The summed E-state index contributed by atoms with van der Waals surface area (Å²) in [4.78, 5) is 16.5. The Labute approximate surface area is 122 Å². The molecule has 2 unspecified atom stereocenters. The molecule has 2 aliphatic rings. The average molecular weight is 283 g/mol. The molecule has 0 radical (unpaired) electrons. The van der Waals surface area contributed by atoms with Crippen molar-refractivity contribution >= 4 is 5.91 Å². The molecule has 20 heavy (non-hydrogen) atoms. The highest BCUT2D eigenvalue weighted by Crippen LogP contribution is 2.22. The summed E-state index contributed by atoms with van der Waals surface area (Å²) in [5.41, 5.74) is 5.90. The molecule has 1 amide bonds. The van der Waals surface area contributed by atoms with Gasteiger partial charge in [-0.2, -0.15) is 0 Å². The molecule has 2 atom stereocenters. The van der Waals surface area contributed by atoms with Gasteiger partial charge in [-0.25, -0.2) is 0 Å². The molecule has 2 rings (SSSR count). The standard InChI is InChI=1S/C15H29N3O2/c1-13-4-2-6-17(14(13)12-16)7-3-5-15(19)18-8-10-20-11-9-18/h13-14H,2-12,16H2,1H3.